The zero-order chi connectivity index (χ0) is 15.3. The number of nitrogens with zero attached hydrogens (tertiary/aromatic N) is 3. The van der Waals surface area contributed by atoms with Gasteiger partial charge >= 0.3 is 11.7 Å². The number of carbonyl (C=O) groups is 1. The van der Waals surface area contributed by atoms with Gasteiger partial charge in [0.1, 0.15) is 5.69 Å². The van der Waals surface area contributed by atoms with Crippen LogP contribution in [0.4, 0.5) is 11.5 Å². The van der Waals surface area contributed by atoms with Crippen LogP contribution in [0.25, 0.3) is 0 Å². The van der Waals surface area contributed by atoms with Gasteiger partial charge in [-0.05, 0) is 33.6 Å². The van der Waals surface area contributed by atoms with E-state index in [0.717, 1.165) is 0 Å². The van der Waals surface area contributed by atoms with Crippen LogP contribution in [0.15, 0.2) is 0 Å². The minimum Gasteiger partial charge on any atom is -0.481 e. The molecular formula is C12H20N4O4. The lowest BCUT2D eigenvalue weighted by atomic mass is 10.2. The van der Waals surface area contributed by atoms with Crippen molar-refractivity contribution in [3.63, 3.8) is 0 Å². The molecule has 0 spiro atoms. The SMILES string of the molecule is Cc1nn(C(C)C)c(NCCCCC(=O)O)c1[N+](=O)[O-]. The highest BCUT2D eigenvalue weighted by Gasteiger charge is 2.25. The van der Waals surface area contributed by atoms with E-state index in [0.29, 0.717) is 30.9 Å². The number of aliphatic carboxylic acids is 1. The van der Waals surface area contributed by atoms with E-state index in [9.17, 15) is 14.9 Å². The lowest BCUT2D eigenvalue weighted by Crippen LogP contribution is -2.12. The highest BCUT2D eigenvalue weighted by atomic mass is 16.6. The Bertz CT molecular complexity index is 496. The molecule has 1 aromatic heterocycles. The van der Waals surface area contributed by atoms with E-state index in [2.05, 4.69) is 10.4 Å². The first-order valence-corrected chi connectivity index (χ1v) is 6.53. The van der Waals surface area contributed by atoms with Crippen LogP contribution in [-0.4, -0.2) is 32.3 Å². The Hall–Kier alpha value is -2.12. The predicted molar refractivity (Wildman–Crippen MR) is 74.0 cm³/mol. The number of rotatable bonds is 8. The Labute approximate surface area is 116 Å². The number of nitrogens with one attached hydrogen (secondary N) is 1. The monoisotopic (exact) mass is 284 g/mol. The summed E-state index contributed by atoms with van der Waals surface area (Å²) in [5.74, 6) is -0.447. The number of aromatic nitrogens is 2. The molecule has 0 amide bonds. The first-order chi connectivity index (χ1) is 9.34. The molecule has 0 saturated carbocycles. The number of unbranched alkanes of at least 4 members (excludes halogenated alkanes) is 1. The highest BCUT2D eigenvalue weighted by molar-refractivity contribution is 5.66. The van der Waals surface area contributed by atoms with Crippen LogP contribution in [0.3, 0.4) is 0 Å². The maximum absolute atomic E-state index is 11.1. The summed E-state index contributed by atoms with van der Waals surface area (Å²) in [6.45, 7) is 5.87. The molecule has 1 aromatic rings. The first-order valence-electron chi connectivity index (χ1n) is 6.53. The topological polar surface area (TPSA) is 110 Å². The molecule has 8 heteroatoms. The summed E-state index contributed by atoms with van der Waals surface area (Å²) in [4.78, 5) is 21.0. The highest BCUT2D eigenvalue weighted by Crippen LogP contribution is 2.30. The molecule has 8 nitrogen and oxygen atoms in total. The molecule has 0 atom stereocenters. The third-order valence-corrected chi connectivity index (χ3v) is 2.84. The fourth-order valence-electron chi connectivity index (χ4n) is 1.90. The van der Waals surface area contributed by atoms with Crippen molar-refractivity contribution < 1.29 is 14.8 Å². The zero-order valence-corrected chi connectivity index (χ0v) is 11.9. The molecule has 0 bridgehead atoms. The molecule has 20 heavy (non-hydrogen) atoms. The van der Waals surface area contributed by atoms with E-state index in [1.54, 1.807) is 11.6 Å². The molecule has 0 radical (unpaired) electrons. The summed E-state index contributed by atoms with van der Waals surface area (Å²) in [5, 5.41) is 26.8. The molecule has 112 valence electrons. The summed E-state index contributed by atoms with van der Waals surface area (Å²) in [6, 6.07) is 0.00363. The summed E-state index contributed by atoms with van der Waals surface area (Å²) in [7, 11) is 0. The van der Waals surface area contributed by atoms with Crippen molar-refractivity contribution >= 4 is 17.5 Å². The quantitative estimate of drug-likeness (QED) is 0.430. The molecule has 0 unspecified atom stereocenters. The molecule has 0 fully saturated rings. The fourth-order valence-corrected chi connectivity index (χ4v) is 1.90. The van der Waals surface area contributed by atoms with Crippen molar-refractivity contribution in [1.82, 2.24) is 9.78 Å². The molecule has 1 rings (SSSR count). The number of nitro groups is 1. The van der Waals surface area contributed by atoms with E-state index in [1.807, 2.05) is 13.8 Å². The fraction of sp³-hybridized carbons (Fsp3) is 0.667. The van der Waals surface area contributed by atoms with Gasteiger partial charge in [0.05, 0.1) is 4.92 Å². The second kappa shape index (κ2) is 6.88. The van der Waals surface area contributed by atoms with Gasteiger partial charge < -0.3 is 10.4 Å². The van der Waals surface area contributed by atoms with Gasteiger partial charge in [0, 0.05) is 19.0 Å². The van der Waals surface area contributed by atoms with E-state index < -0.39 is 10.9 Å². The second-order valence-electron chi connectivity index (χ2n) is 4.86. The maximum atomic E-state index is 11.1. The minimum absolute atomic E-state index is 0.00363. The maximum Gasteiger partial charge on any atom is 0.333 e. The van der Waals surface area contributed by atoms with Crippen LogP contribution in [-0.2, 0) is 4.79 Å². The zero-order valence-electron chi connectivity index (χ0n) is 11.9. The van der Waals surface area contributed by atoms with Gasteiger partial charge in [0.25, 0.3) is 0 Å². The average Bonchev–Trinajstić information content (AvgIpc) is 2.65. The van der Waals surface area contributed by atoms with E-state index in [-0.39, 0.29) is 18.2 Å². The van der Waals surface area contributed by atoms with Gasteiger partial charge in [0.2, 0.25) is 5.82 Å². The Kier molecular flexibility index (Phi) is 5.48. The molecule has 2 N–H and O–H groups in total. The molecule has 0 aromatic carbocycles. The standard InChI is InChI=1S/C12H20N4O4/c1-8(2)15-12(11(16(19)20)9(3)14-15)13-7-5-4-6-10(17)18/h8,13H,4-7H2,1-3H3,(H,17,18). The van der Waals surface area contributed by atoms with E-state index in [1.165, 1.54) is 0 Å². The van der Waals surface area contributed by atoms with Crippen LogP contribution in [0.5, 0.6) is 0 Å². The van der Waals surface area contributed by atoms with Crippen LogP contribution < -0.4 is 5.32 Å². The van der Waals surface area contributed by atoms with Gasteiger partial charge in [-0.25, -0.2) is 4.68 Å². The molecule has 1 heterocycles. The first kappa shape index (κ1) is 15.9. The molecule has 0 saturated heterocycles. The average molecular weight is 284 g/mol. The Morgan fingerprint density at radius 2 is 2.15 bits per heavy atom. The lowest BCUT2D eigenvalue weighted by Gasteiger charge is -2.11. The Balaban J connectivity index is 2.76. The van der Waals surface area contributed by atoms with E-state index >= 15 is 0 Å². The Morgan fingerprint density at radius 3 is 2.65 bits per heavy atom. The molecular weight excluding hydrogens is 264 g/mol. The molecule has 0 aliphatic heterocycles. The largest absolute Gasteiger partial charge is 0.481 e. The van der Waals surface area contributed by atoms with Crippen molar-refractivity contribution in [2.75, 3.05) is 11.9 Å². The van der Waals surface area contributed by atoms with Crippen LogP contribution in [0.1, 0.15) is 44.8 Å². The number of carboxylic acids is 1. The number of hydrogen-bond donors (Lipinski definition) is 2. The predicted octanol–water partition coefficient (Wildman–Crippen LogP) is 2.35. The normalized spacial score (nSPS) is 10.8. The number of carboxylic acid groups (broad SMARTS) is 1. The van der Waals surface area contributed by atoms with Crippen molar-refractivity contribution in [2.24, 2.45) is 0 Å². The summed E-state index contributed by atoms with van der Waals surface area (Å²) >= 11 is 0. The summed E-state index contributed by atoms with van der Waals surface area (Å²) in [6.07, 6.45) is 1.27. The third-order valence-electron chi connectivity index (χ3n) is 2.84. The van der Waals surface area contributed by atoms with Crippen LogP contribution >= 0.6 is 0 Å². The third kappa shape index (κ3) is 3.94. The number of aryl methyl sites for hydroxylation is 1. The minimum atomic E-state index is -0.834. The van der Waals surface area contributed by atoms with Crippen molar-refractivity contribution in [3.8, 4) is 0 Å². The second-order valence-corrected chi connectivity index (χ2v) is 4.86. The molecule has 0 aliphatic carbocycles. The van der Waals surface area contributed by atoms with Crippen molar-refractivity contribution in [3.05, 3.63) is 15.8 Å². The number of hydrogen-bond acceptors (Lipinski definition) is 5. The van der Waals surface area contributed by atoms with E-state index in [4.69, 9.17) is 5.11 Å². The Morgan fingerprint density at radius 1 is 1.50 bits per heavy atom. The van der Waals surface area contributed by atoms with Gasteiger partial charge in [-0.1, -0.05) is 0 Å². The van der Waals surface area contributed by atoms with Gasteiger partial charge in [0.15, 0.2) is 0 Å². The van der Waals surface area contributed by atoms with Gasteiger partial charge in [-0.3, -0.25) is 14.9 Å². The van der Waals surface area contributed by atoms with Crippen LogP contribution in [0, 0.1) is 17.0 Å². The van der Waals surface area contributed by atoms with Gasteiger partial charge in [-0.15, -0.1) is 0 Å². The summed E-state index contributed by atoms with van der Waals surface area (Å²) < 4.78 is 1.59. The van der Waals surface area contributed by atoms with Crippen molar-refractivity contribution in [1.29, 1.82) is 0 Å². The van der Waals surface area contributed by atoms with Crippen LogP contribution in [0.2, 0.25) is 0 Å². The van der Waals surface area contributed by atoms with Gasteiger partial charge in [-0.2, -0.15) is 5.10 Å². The number of anilines is 1. The van der Waals surface area contributed by atoms with Crippen molar-refractivity contribution in [2.45, 2.75) is 46.1 Å². The molecule has 0 aliphatic rings. The smallest absolute Gasteiger partial charge is 0.333 e. The lowest BCUT2D eigenvalue weighted by molar-refractivity contribution is -0.384. The summed E-state index contributed by atoms with van der Waals surface area (Å²) in [5.41, 5.74) is 0.355.